The number of rotatable bonds is 3. The van der Waals surface area contributed by atoms with Crippen LogP contribution in [0.1, 0.15) is 39.5 Å². The second-order valence-electron chi connectivity index (χ2n) is 6.34. The van der Waals surface area contributed by atoms with Crippen LogP contribution in [-0.2, 0) is 9.53 Å². The maximum absolute atomic E-state index is 12.3. The van der Waals surface area contributed by atoms with Crippen molar-refractivity contribution in [2.45, 2.75) is 45.1 Å². The maximum atomic E-state index is 12.3. The van der Waals surface area contributed by atoms with Crippen molar-refractivity contribution >= 4 is 27.6 Å². The van der Waals surface area contributed by atoms with Gasteiger partial charge < -0.3 is 10.1 Å². The smallest absolute Gasteiger partial charge is 0.331 e. The Balaban J connectivity index is 2.26. The number of ether oxygens (including phenoxy) is 1. The molecule has 0 amide bonds. The molecule has 1 N–H and O–H groups in total. The number of anilines is 1. The third-order valence-corrected chi connectivity index (χ3v) is 4.97. The van der Waals surface area contributed by atoms with Gasteiger partial charge in [-0.1, -0.05) is 26.0 Å². The largest absolute Gasteiger partial charge is 0.467 e. The number of esters is 1. The van der Waals surface area contributed by atoms with Crippen LogP contribution in [0.15, 0.2) is 28.7 Å². The van der Waals surface area contributed by atoms with Gasteiger partial charge >= 0.3 is 5.97 Å². The van der Waals surface area contributed by atoms with Crippen LogP contribution in [0.25, 0.3) is 0 Å². The van der Waals surface area contributed by atoms with Crippen molar-refractivity contribution in [3.63, 3.8) is 0 Å². The first-order chi connectivity index (χ1) is 9.38. The fraction of sp³-hybridized carbons (Fsp3) is 0.562. The van der Waals surface area contributed by atoms with Crippen molar-refractivity contribution in [1.29, 1.82) is 0 Å². The lowest BCUT2D eigenvalue weighted by Crippen LogP contribution is -2.51. The van der Waals surface area contributed by atoms with E-state index in [4.69, 9.17) is 4.74 Å². The Hall–Kier alpha value is -1.03. The van der Waals surface area contributed by atoms with Crippen LogP contribution in [0, 0.1) is 5.41 Å². The monoisotopic (exact) mass is 339 g/mol. The van der Waals surface area contributed by atoms with E-state index in [1.54, 1.807) is 0 Å². The number of hydrogen-bond acceptors (Lipinski definition) is 3. The average Bonchev–Trinajstić information content (AvgIpc) is 2.43. The first-order valence-corrected chi connectivity index (χ1v) is 7.79. The van der Waals surface area contributed by atoms with E-state index in [1.165, 1.54) is 7.11 Å². The van der Waals surface area contributed by atoms with Gasteiger partial charge in [0.2, 0.25) is 0 Å². The number of halogens is 1. The van der Waals surface area contributed by atoms with E-state index < -0.39 is 5.54 Å². The SMILES string of the molecule is COC(=O)C1(Nc2ccccc2Br)CCC(C)(C)CC1. The van der Waals surface area contributed by atoms with Crippen LogP contribution < -0.4 is 5.32 Å². The zero-order valence-corrected chi connectivity index (χ0v) is 13.9. The Labute approximate surface area is 129 Å². The van der Waals surface area contributed by atoms with Crippen molar-refractivity contribution in [3.8, 4) is 0 Å². The third kappa shape index (κ3) is 3.17. The first-order valence-electron chi connectivity index (χ1n) is 7.00. The van der Waals surface area contributed by atoms with Gasteiger partial charge in [0.15, 0.2) is 0 Å². The summed E-state index contributed by atoms with van der Waals surface area (Å²) in [5, 5.41) is 3.43. The number of carbonyl (C=O) groups is 1. The lowest BCUT2D eigenvalue weighted by molar-refractivity contribution is -0.148. The Morgan fingerprint density at radius 1 is 1.20 bits per heavy atom. The molecular formula is C16H22BrNO2. The summed E-state index contributed by atoms with van der Waals surface area (Å²) < 4.78 is 6.02. The minimum Gasteiger partial charge on any atom is -0.467 e. The van der Waals surface area contributed by atoms with Crippen LogP contribution in [0.2, 0.25) is 0 Å². The van der Waals surface area contributed by atoms with E-state index in [9.17, 15) is 4.79 Å². The molecule has 0 aliphatic heterocycles. The molecule has 110 valence electrons. The highest BCUT2D eigenvalue weighted by Crippen LogP contribution is 2.43. The second-order valence-corrected chi connectivity index (χ2v) is 7.20. The van der Waals surface area contributed by atoms with Gasteiger partial charge in [-0.15, -0.1) is 0 Å². The van der Waals surface area contributed by atoms with Crippen LogP contribution >= 0.6 is 15.9 Å². The Bertz CT molecular complexity index is 489. The van der Waals surface area contributed by atoms with E-state index in [-0.39, 0.29) is 5.97 Å². The number of para-hydroxylation sites is 1. The van der Waals surface area contributed by atoms with Gasteiger partial charge in [0.1, 0.15) is 5.54 Å². The predicted molar refractivity (Wildman–Crippen MR) is 84.8 cm³/mol. The molecule has 0 radical (unpaired) electrons. The summed E-state index contributed by atoms with van der Waals surface area (Å²) >= 11 is 3.53. The van der Waals surface area contributed by atoms with E-state index in [0.717, 1.165) is 35.8 Å². The summed E-state index contributed by atoms with van der Waals surface area (Å²) in [4.78, 5) is 12.3. The van der Waals surface area contributed by atoms with Gasteiger partial charge in [0.05, 0.1) is 7.11 Å². The van der Waals surface area contributed by atoms with Crippen molar-refractivity contribution < 1.29 is 9.53 Å². The molecule has 0 atom stereocenters. The number of hydrogen-bond donors (Lipinski definition) is 1. The second kappa shape index (κ2) is 5.76. The van der Waals surface area contributed by atoms with E-state index >= 15 is 0 Å². The molecule has 0 saturated heterocycles. The molecule has 20 heavy (non-hydrogen) atoms. The van der Waals surface area contributed by atoms with Crippen molar-refractivity contribution in [2.75, 3.05) is 12.4 Å². The number of methoxy groups -OCH3 is 1. The predicted octanol–water partition coefficient (Wildman–Crippen LogP) is 4.37. The average molecular weight is 340 g/mol. The van der Waals surface area contributed by atoms with Crippen LogP contribution in [0.5, 0.6) is 0 Å². The van der Waals surface area contributed by atoms with Gasteiger partial charge in [-0.2, -0.15) is 0 Å². The molecular weight excluding hydrogens is 318 g/mol. The lowest BCUT2D eigenvalue weighted by Gasteiger charge is -2.42. The van der Waals surface area contributed by atoms with E-state index in [0.29, 0.717) is 5.41 Å². The minimum atomic E-state index is -0.603. The third-order valence-electron chi connectivity index (χ3n) is 4.28. The standard InChI is InChI=1S/C16H22BrNO2/c1-15(2)8-10-16(11-9-15,14(19)20-3)18-13-7-5-4-6-12(13)17/h4-7,18H,8-11H2,1-3H3. The van der Waals surface area contributed by atoms with Gasteiger partial charge in [0, 0.05) is 10.2 Å². The van der Waals surface area contributed by atoms with Gasteiger partial charge in [0.25, 0.3) is 0 Å². The van der Waals surface area contributed by atoms with Crippen molar-refractivity contribution in [3.05, 3.63) is 28.7 Å². The quantitative estimate of drug-likeness (QED) is 0.830. The van der Waals surface area contributed by atoms with Crippen molar-refractivity contribution in [1.82, 2.24) is 0 Å². The van der Waals surface area contributed by atoms with Crippen LogP contribution in [0.3, 0.4) is 0 Å². The highest BCUT2D eigenvalue weighted by atomic mass is 79.9. The molecule has 1 saturated carbocycles. The molecule has 0 heterocycles. The van der Waals surface area contributed by atoms with Gasteiger partial charge in [-0.05, 0) is 59.2 Å². The van der Waals surface area contributed by atoms with Gasteiger partial charge in [-0.3, -0.25) is 0 Å². The molecule has 1 aliphatic carbocycles. The summed E-state index contributed by atoms with van der Waals surface area (Å²) in [5.41, 5.74) is 0.638. The highest BCUT2D eigenvalue weighted by molar-refractivity contribution is 9.10. The fourth-order valence-corrected chi connectivity index (χ4v) is 3.13. The number of benzene rings is 1. The molecule has 0 aromatic heterocycles. The molecule has 1 fully saturated rings. The zero-order valence-electron chi connectivity index (χ0n) is 12.3. The topological polar surface area (TPSA) is 38.3 Å². The molecule has 1 aliphatic rings. The summed E-state index contributed by atoms with van der Waals surface area (Å²) in [5.74, 6) is -0.163. The zero-order chi connectivity index (χ0) is 14.8. The van der Waals surface area contributed by atoms with Crippen LogP contribution in [-0.4, -0.2) is 18.6 Å². The Kier molecular flexibility index (Phi) is 4.43. The molecule has 0 unspecified atom stereocenters. The van der Waals surface area contributed by atoms with Crippen LogP contribution in [0.4, 0.5) is 5.69 Å². The van der Waals surface area contributed by atoms with Gasteiger partial charge in [-0.25, -0.2) is 4.79 Å². The first kappa shape index (κ1) is 15.4. The number of nitrogens with one attached hydrogen (secondary N) is 1. The summed E-state index contributed by atoms with van der Waals surface area (Å²) in [6.07, 6.45) is 3.63. The Morgan fingerprint density at radius 2 is 1.80 bits per heavy atom. The highest BCUT2D eigenvalue weighted by Gasteiger charge is 2.45. The molecule has 0 bridgehead atoms. The van der Waals surface area contributed by atoms with E-state index in [2.05, 4.69) is 35.1 Å². The summed E-state index contributed by atoms with van der Waals surface area (Å²) in [6.45, 7) is 4.51. The maximum Gasteiger partial charge on any atom is 0.331 e. The molecule has 3 nitrogen and oxygen atoms in total. The minimum absolute atomic E-state index is 0.163. The molecule has 2 rings (SSSR count). The van der Waals surface area contributed by atoms with Crippen molar-refractivity contribution in [2.24, 2.45) is 5.41 Å². The number of carbonyl (C=O) groups excluding carboxylic acids is 1. The molecule has 0 spiro atoms. The normalized spacial score (nSPS) is 20.2. The Morgan fingerprint density at radius 3 is 2.35 bits per heavy atom. The van der Waals surface area contributed by atoms with E-state index in [1.807, 2.05) is 24.3 Å². The fourth-order valence-electron chi connectivity index (χ4n) is 2.75. The molecule has 1 aromatic carbocycles. The lowest BCUT2D eigenvalue weighted by atomic mass is 9.69. The summed E-state index contributed by atoms with van der Waals surface area (Å²) in [7, 11) is 1.46. The molecule has 4 heteroatoms. The summed E-state index contributed by atoms with van der Waals surface area (Å²) in [6, 6.07) is 7.88. The molecule has 1 aromatic rings.